The van der Waals surface area contributed by atoms with Gasteiger partial charge in [-0.05, 0) is 25.0 Å². The molecule has 5 rings (SSSR count). The highest BCUT2D eigenvalue weighted by atomic mass is 19.3. The van der Waals surface area contributed by atoms with E-state index >= 15 is 4.39 Å². The van der Waals surface area contributed by atoms with Gasteiger partial charge in [-0.15, -0.1) is 0 Å². The van der Waals surface area contributed by atoms with E-state index in [4.69, 9.17) is 15.2 Å². The van der Waals surface area contributed by atoms with Gasteiger partial charge in [0.05, 0.1) is 12.1 Å². The minimum Gasteiger partial charge on any atom is -0.491 e. The molecule has 33 heavy (non-hydrogen) atoms. The van der Waals surface area contributed by atoms with E-state index in [1.54, 1.807) is 18.2 Å². The number of nitrogens with zero attached hydrogens (tertiary/aromatic N) is 4. The van der Waals surface area contributed by atoms with E-state index in [0.29, 0.717) is 24.3 Å². The zero-order chi connectivity index (χ0) is 23.3. The SMILES string of the molecule is NC(=O)[C@@H]1CCCN1c1ccc2c(c1)OCCn1c-2nc(N2C(=C=O)OC[C@H]2C(F)F)c1F. The third kappa shape index (κ3) is 3.37. The smallest absolute Gasteiger partial charge is 0.284 e. The predicted molar refractivity (Wildman–Crippen MR) is 110 cm³/mol. The first-order valence-corrected chi connectivity index (χ1v) is 10.4. The van der Waals surface area contributed by atoms with Crippen molar-refractivity contribution in [1.29, 1.82) is 0 Å². The van der Waals surface area contributed by atoms with Crippen molar-refractivity contribution in [2.45, 2.75) is 37.9 Å². The van der Waals surface area contributed by atoms with Gasteiger partial charge in [0, 0.05) is 18.3 Å². The molecule has 12 heteroatoms. The number of primary amides is 1. The number of carbonyl (C=O) groups is 1. The van der Waals surface area contributed by atoms with Crippen molar-refractivity contribution in [2.24, 2.45) is 5.73 Å². The number of aromatic nitrogens is 2. The summed E-state index contributed by atoms with van der Waals surface area (Å²) in [5, 5.41) is 0. The van der Waals surface area contributed by atoms with Crippen LogP contribution in [-0.2, 0) is 20.9 Å². The topological polar surface area (TPSA) is 103 Å². The number of benzene rings is 1. The first-order valence-electron chi connectivity index (χ1n) is 10.4. The van der Waals surface area contributed by atoms with Crippen molar-refractivity contribution in [3.8, 4) is 17.1 Å². The number of amides is 1. The van der Waals surface area contributed by atoms with Crippen LogP contribution < -0.4 is 20.3 Å². The monoisotopic (exact) mass is 463 g/mol. The molecule has 2 atom stereocenters. The summed E-state index contributed by atoms with van der Waals surface area (Å²) in [4.78, 5) is 29.9. The first kappa shape index (κ1) is 21.2. The van der Waals surface area contributed by atoms with Gasteiger partial charge < -0.3 is 20.1 Å². The molecule has 1 aromatic heterocycles. The molecule has 0 unspecified atom stereocenters. The van der Waals surface area contributed by atoms with Crippen molar-refractivity contribution in [1.82, 2.24) is 9.55 Å². The summed E-state index contributed by atoms with van der Waals surface area (Å²) in [5.74, 6) is -0.250. The average Bonchev–Trinajstić information content (AvgIpc) is 3.48. The summed E-state index contributed by atoms with van der Waals surface area (Å²) in [6.07, 6.45) is -1.42. The van der Waals surface area contributed by atoms with Crippen molar-refractivity contribution in [2.75, 3.05) is 29.6 Å². The van der Waals surface area contributed by atoms with Crippen LogP contribution in [0.2, 0.25) is 0 Å². The lowest BCUT2D eigenvalue weighted by atomic mass is 10.1. The maximum Gasteiger partial charge on any atom is 0.284 e. The Morgan fingerprint density at radius 2 is 2.09 bits per heavy atom. The van der Waals surface area contributed by atoms with Crippen molar-refractivity contribution < 1.29 is 32.2 Å². The van der Waals surface area contributed by atoms with Gasteiger partial charge in [-0.25, -0.2) is 18.6 Å². The Morgan fingerprint density at radius 1 is 1.27 bits per heavy atom. The molecular weight excluding hydrogens is 443 g/mol. The minimum absolute atomic E-state index is 0.0694. The Morgan fingerprint density at radius 3 is 2.82 bits per heavy atom. The highest BCUT2D eigenvalue weighted by Crippen LogP contribution is 2.40. The second-order valence-electron chi connectivity index (χ2n) is 7.97. The summed E-state index contributed by atoms with van der Waals surface area (Å²) in [7, 11) is 0. The molecule has 4 heterocycles. The Kier molecular flexibility index (Phi) is 5.16. The molecule has 0 aliphatic carbocycles. The summed E-state index contributed by atoms with van der Waals surface area (Å²) >= 11 is 0. The fraction of sp³-hybridized carbons (Fsp3) is 0.429. The van der Waals surface area contributed by atoms with E-state index in [0.717, 1.165) is 17.0 Å². The van der Waals surface area contributed by atoms with Gasteiger partial charge in [0.15, 0.2) is 11.8 Å². The van der Waals surface area contributed by atoms with Crippen LogP contribution in [0, 0.1) is 5.95 Å². The molecule has 2 N–H and O–H groups in total. The number of hydrogen-bond donors (Lipinski definition) is 1. The van der Waals surface area contributed by atoms with Gasteiger partial charge in [-0.2, -0.15) is 4.39 Å². The molecule has 2 fully saturated rings. The molecule has 0 radical (unpaired) electrons. The average molecular weight is 463 g/mol. The number of nitrogens with two attached hydrogens (primary N) is 1. The van der Waals surface area contributed by atoms with Gasteiger partial charge in [-0.1, -0.05) is 0 Å². The summed E-state index contributed by atoms with van der Waals surface area (Å²) < 4.78 is 54.4. The Bertz CT molecular complexity index is 1160. The summed E-state index contributed by atoms with van der Waals surface area (Å²) in [6, 6.07) is 3.18. The van der Waals surface area contributed by atoms with Crippen LogP contribution in [0.15, 0.2) is 24.1 Å². The molecule has 1 amide bonds. The van der Waals surface area contributed by atoms with Crippen LogP contribution in [-0.4, -0.2) is 59.7 Å². The van der Waals surface area contributed by atoms with Gasteiger partial charge in [0.2, 0.25) is 11.9 Å². The highest BCUT2D eigenvalue weighted by Gasteiger charge is 2.42. The number of anilines is 2. The van der Waals surface area contributed by atoms with Crippen LogP contribution in [0.4, 0.5) is 24.7 Å². The van der Waals surface area contributed by atoms with Crippen LogP contribution >= 0.6 is 0 Å². The van der Waals surface area contributed by atoms with E-state index in [-0.39, 0.29) is 19.0 Å². The molecule has 9 nitrogen and oxygen atoms in total. The lowest BCUT2D eigenvalue weighted by molar-refractivity contribution is -0.119. The largest absolute Gasteiger partial charge is 0.491 e. The zero-order valence-electron chi connectivity index (χ0n) is 17.3. The van der Waals surface area contributed by atoms with Crippen molar-refractivity contribution >= 4 is 23.4 Å². The molecule has 0 bridgehead atoms. The summed E-state index contributed by atoms with van der Waals surface area (Å²) in [5.41, 5.74) is 6.70. The van der Waals surface area contributed by atoms with E-state index in [1.165, 1.54) is 10.5 Å². The molecule has 174 valence electrons. The number of rotatable bonds is 4. The molecule has 1 aromatic carbocycles. The zero-order valence-corrected chi connectivity index (χ0v) is 17.3. The number of fused-ring (bicyclic) bond motifs is 3. The molecule has 3 aliphatic rings. The number of imidazole rings is 1. The molecule has 2 saturated heterocycles. The second-order valence-corrected chi connectivity index (χ2v) is 7.97. The quantitative estimate of drug-likeness (QED) is 0.689. The third-order valence-corrected chi connectivity index (χ3v) is 6.13. The van der Waals surface area contributed by atoms with Gasteiger partial charge in [0.25, 0.3) is 12.3 Å². The Balaban J connectivity index is 1.57. The molecule has 2 aromatic rings. The van der Waals surface area contributed by atoms with Crippen LogP contribution in [0.5, 0.6) is 5.75 Å². The molecule has 0 saturated carbocycles. The van der Waals surface area contributed by atoms with Gasteiger partial charge >= 0.3 is 0 Å². The lowest BCUT2D eigenvalue weighted by Gasteiger charge is -2.25. The number of ether oxygens (including phenoxy) is 2. The highest BCUT2D eigenvalue weighted by molar-refractivity contribution is 5.85. The maximum absolute atomic E-state index is 15.4. The van der Waals surface area contributed by atoms with E-state index in [2.05, 4.69) is 4.98 Å². The number of carbonyl (C=O) groups excluding carboxylic acids is 2. The molecule has 0 spiro atoms. The summed E-state index contributed by atoms with van der Waals surface area (Å²) in [6.45, 7) is 0.342. The first-order chi connectivity index (χ1) is 15.9. The van der Waals surface area contributed by atoms with E-state index < -0.39 is 48.7 Å². The fourth-order valence-electron chi connectivity index (χ4n) is 4.57. The van der Waals surface area contributed by atoms with Crippen molar-refractivity contribution in [3.05, 3.63) is 30.0 Å². The van der Waals surface area contributed by atoms with Crippen molar-refractivity contribution in [3.63, 3.8) is 0 Å². The minimum atomic E-state index is -2.89. The Labute approximate surface area is 186 Å². The normalized spacial score (nSPS) is 21.9. The second kappa shape index (κ2) is 8.04. The van der Waals surface area contributed by atoms with Crippen LogP contribution in [0.25, 0.3) is 11.4 Å². The van der Waals surface area contributed by atoms with Crippen LogP contribution in [0.1, 0.15) is 12.8 Å². The van der Waals surface area contributed by atoms with Gasteiger partial charge in [0.1, 0.15) is 36.9 Å². The van der Waals surface area contributed by atoms with Crippen LogP contribution in [0.3, 0.4) is 0 Å². The number of hydrogen-bond acceptors (Lipinski definition) is 7. The molecular formula is C21H20F3N5O4. The standard InChI is InChI=1S/C21H20F3N5O4/c22-17(23)14-10-33-16(9-30)29(14)21-18(24)28-6-7-32-15-8-11(3-4-12(15)20(28)26-21)27-5-1-2-13(27)19(25)31/h3-4,8,13-14,17H,1-2,5-7,10H2,(H2,25,31)/t13-,14-/m0/s1. The van der Waals surface area contributed by atoms with E-state index in [9.17, 15) is 18.4 Å². The predicted octanol–water partition coefficient (Wildman–Crippen LogP) is 1.68. The Hall–Kier alpha value is -3.66. The van der Waals surface area contributed by atoms with Gasteiger partial charge in [-0.3, -0.25) is 14.3 Å². The fourth-order valence-corrected chi connectivity index (χ4v) is 4.57. The third-order valence-electron chi connectivity index (χ3n) is 6.13. The number of halogens is 3. The van der Waals surface area contributed by atoms with E-state index in [1.807, 2.05) is 4.90 Å². The molecule has 3 aliphatic heterocycles. The maximum atomic E-state index is 15.4. The lowest BCUT2D eigenvalue weighted by Crippen LogP contribution is -2.40. The number of alkyl halides is 2.